The van der Waals surface area contributed by atoms with E-state index in [-0.39, 0.29) is 42.3 Å². The van der Waals surface area contributed by atoms with Crippen molar-refractivity contribution in [3.05, 3.63) is 53.6 Å². The molecule has 2 fully saturated rings. The third-order valence-corrected chi connectivity index (χ3v) is 7.08. The zero-order valence-corrected chi connectivity index (χ0v) is 20.8. The number of carboxylic acid groups (broad SMARTS) is 1. The van der Waals surface area contributed by atoms with Gasteiger partial charge in [-0.1, -0.05) is 23.7 Å². The second-order valence-electron chi connectivity index (χ2n) is 9.77. The SMILES string of the molecule is COc1cc(-c2onc(COc3cccc(C(CC(=O)O)C4CC4)c3)c2OC2CCCCC2)c(F)cn1. The second-order valence-corrected chi connectivity index (χ2v) is 9.77. The number of methoxy groups -OCH3 is 1. The van der Waals surface area contributed by atoms with Crippen LogP contribution in [-0.2, 0) is 11.4 Å². The smallest absolute Gasteiger partial charge is 0.303 e. The minimum Gasteiger partial charge on any atom is -0.487 e. The number of hydrogen-bond acceptors (Lipinski definition) is 7. The number of nitrogens with zero attached hydrogens (tertiary/aromatic N) is 2. The van der Waals surface area contributed by atoms with E-state index in [1.807, 2.05) is 24.3 Å². The molecule has 0 saturated heterocycles. The van der Waals surface area contributed by atoms with E-state index in [1.54, 1.807) is 0 Å². The molecule has 1 aromatic carbocycles. The Bertz CT molecular complexity index is 1240. The maximum atomic E-state index is 14.8. The Morgan fingerprint density at radius 2 is 2.00 bits per heavy atom. The highest BCUT2D eigenvalue weighted by Crippen LogP contribution is 2.45. The Kier molecular flexibility index (Phi) is 7.58. The fourth-order valence-corrected chi connectivity index (χ4v) is 4.98. The lowest BCUT2D eigenvalue weighted by Crippen LogP contribution is -2.20. The average molecular weight is 511 g/mol. The van der Waals surface area contributed by atoms with Crippen LogP contribution in [0.25, 0.3) is 11.3 Å². The van der Waals surface area contributed by atoms with E-state index in [9.17, 15) is 14.3 Å². The molecule has 196 valence electrons. The van der Waals surface area contributed by atoms with Gasteiger partial charge in [0, 0.05) is 6.07 Å². The van der Waals surface area contributed by atoms with E-state index < -0.39 is 11.8 Å². The molecule has 2 heterocycles. The largest absolute Gasteiger partial charge is 0.487 e. The summed E-state index contributed by atoms with van der Waals surface area (Å²) in [5, 5.41) is 13.5. The highest BCUT2D eigenvalue weighted by Gasteiger charge is 2.34. The van der Waals surface area contributed by atoms with Crippen LogP contribution in [0.15, 0.2) is 41.1 Å². The topological polar surface area (TPSA) is 104 Å². The maximum absolute atomic E-state index is 14.8. The molecule has 3 aromatic rings. The molecule has 2 aromatic heterocycles. The van der Waals surface area contributed by atoms with Crippen LogP contribution >= 0.6 is 0 Å². The normalized spacial score (nSPS) is 16.8. The summed E-state index contributed by atoms with van der Waals surface area (Å²) in [7, 11) is 1.46. The van der Waals surface area contributed by atoms with Gasteiger partial charge in [0.05, 0.1) is 31.4 Å². The lowest BCUT2D eigenvalue weighted by molar-refractivity contribution is -0.137. The minimum absolute atomic E-state index is 0.0175. The fraction of sp³-hybridized carbons (Fsp3) is 0.464. The van der Waals surface area contributed by atoms with Gasteiger partial charge < -0.3 is 23.8 Å². The van der Waals surface area contributed by atoms with Gasteiger partial charge in [0.15, 0.2) is 17.3 Å². The lowest BCUT2D eigenvalue weighted by Gasteiger charge is -2.23. The van der Waals surface area contributed by atoms with Gasteiger partial charge in [0.1, 0.15) is 12.4 Å². The first-order valence-corrected chi connectivity index (χ1v) is 12.8. The molecule has 0 amide bonds. The number of benzene rings is 1. The molecular weight excluding hydrogens is 479 g/mol. The van der Waals surface area contributed by atoms with Crippen molar-refractivity contribution >= 4 is 5.97 Å². The fourth-order valence-electron chi connectivity index (χ4n) is 4.98. The van der Waals surface area contributed by atoms with Crippen molar-refractivity contribution in [2.24, 2.45) is 5.92 Å². The van der Waals surface area contributed by atoms with Crippen molar-refractivity contribution in [1.82, 2.24) is 10.1 Å². The number of aliphatic carboxylic acids is 1. The van der Waals surface area contributed by atoms with E-state index in [0.29, 0.717) is 23.1 Å². The molecule has 2 aliphatic rings. The number of rotatable bonds is 11. The van der Waals surface area contributed by atoms with Crippen LogP contribution in [0.5, 0.6) is 17.4 Å². The number of pyridine rings is 1. The molecule has 0 radical (unpaired) electrons. The van der Waals surface area contributed by atoms with Crippen LogP contribution in [0.1, 0.15) is 68.5 Å². The zero-order chi connectivity index (χ0) is 25.8. The van der Waals surface area contributed by atoms with Crippen LogP contribution in [0, 0.1) is 11.7 Å². The highest BCUT2D eigenvalue weighted by atomic mass is 19.1. The molecule has 1 atom stereocenters. The molecule has 0 spiro atoms. The number of aromatic nitrogens is 2. The lowest BCUT2D eigenvalue weighted by atomic mass is 9.91. The van der Waals surface area contributed by atoms with Crippen LogP contribution in [-0.4, -0.2) is 34.4 Å². The van der Waals surface area contributed by atoms with E-state index in [4.69, 9.17) is 18.7 Å². The van der Waals surface area contributed by atoms with E-state index in [0.717, 1.165) is 50.3 Å². The predicted octanol–water partition coefficient (Wildman–Crippen LogP) is 6.14. The molecular formula is C28H31FN2O6. The number of halogens is 1. The van der Waals surface area contributed by atoms with Crippen LogP contribution in [0.2, 0.25) is 0 Å². The molecule has 1 unspecified atom stereocenters. The third kappa shape index (κ3) is 6.03. The number of hydrogen-bond donors (Lipinski definition) is 1. The first-order valence-electron chi connectivity index (χ1n) is 12.8. The Morgan fingerprint density at radius 1 is 1.19 bits per heavy atom. The van der Waals surface area contributed by atoms with Gasteiger partial charge in [-0.15, -0.1) is 0 Å². The Hall–Kier alpha value is -3.62. The summed E-state index contributed by atoms with van der Waals surface area (Å²) in [6, 6.07) is 8.99. The number of ether oxygens (including phenoxy) is 3. The minimum atomic E-state index is -0.803. The van der Waals surface area contributed by atoms with Crippen LogP contribution < -0.4 is 14.2 Å². The highest BCUT2D eigenvalue weighted by molar-refractivity contribution is 5.68. The first kappa shape index (κ1) is 25.0. The second kappa shape index (κ2) is 11.2. The van der Waals surface area contributed by atoms with Gasteiger partial charge in [-0.2, -0.15) is 0 Å². The van der Waals surface area contributed by atoms with E-state index in [2.05, 4.69) is 10.1 Å². The van der Waals surface area contributed by atoms with Gasteiger partial charge >= 0.3 is 5.97 Å². The van der Waals surface area contributed by atoms with Crippen molar-refractivity contribution in [2.75, 3.05) is 7.11 Å². The average Bonchev–Trinajstić information content (AvgIpc) is 3.68. The third-order valence-electron chi connectivity index (χ3n) is 7.08. The summed E-state index contributed by atoms with van der Waals surface area (Å²) in [6.45, 7) is 0.0475. The van der Waals surface area contributed by atoms with Crippen molar-refractivity contribution in [3.63, 3.8) is 0 Å². The van der Waals surface area contributed by atoms with Gasteiger partial charge in [-0.25, -0.2) is 9.37 Å². The molecule has 2 aliphatic carbocycles. The molecule has 9 heteroatoms. The molecule has 0 bridgehead atoms. The molecule has 2 saturated carbocycles. The van der Waals surface area contributed by atoms with Crippen LogP contribution in [0.4, 0.5) is 4.39 Å². The van der Waals surface area contributed by atoms with Gasteiger partial charge in [0.2, 0.25) is 11.6 Å². The van der Waals surface area contributed by atoms with Crippen molar-refractivity contribution in [1.29, 1.82) is 0 Å². The van der Waals surface area contributed by atoms with Crippen molar-refractivity contribution in [3.8, 4) is 28.7 Å². The molecule has 0 aliphatic heterocycles. The summed E-state index contributed by atoms with van der Waals surface area (Å²) in [6.07, 6.45) is 8.37. The predicted molar refractivity (Wildman–Crippen MR) is 132 cm³/mol. The van der Waals surface area contributed by atoms with Gasteiger partial charge in [0.25, 0.3) is 0 Å². The molecule has 5 rings (SSSR count). The molecule has 8 nitrogen and oxygen atoms in total. The van der Waals surface area contributed by atoms with E-state index in [1.165, 1.54) is 19.6 Å². The summed E-state index contributed by atoms with van der Waals surface area (Å²) in [5.74, 6) is 0.360. The molecule has 37 heavy (non-hydrogen) atoms. The Balaban J connectivity index is 1.40. The quantitative estimate of drug-likeness (QED) is 0.328. The Morgan fingerprint density at radius 3 is 2.73 bits per heavy atom. The summed E-state index contributed by atoms with van der Waals surface area (Å²) >= 11 is 0. The number of carboxylic acids is 1. The summed E-state index contributed by atoms with van der Waals surface area (Å²) in [4.78, 5) is 15.3. The van der Waals surface area contributed by atoms with Crippen molar-refractivity contribution in [2.45, 2.75) is 70.0 Å². The number of carbonyl (C=O) groups is 1. The standard InChI is InChI=1S/C28H31FN2O6/c1-34-25-13-22(23(29)15-30-25)27-28(36-19-7-3-2-4-8-19)24(31-37-27)16-35-20-9-5-6-18(12-20)21(14-26(32)33)17-10-11-17/h5-6,9,12-13,15,17,19,21H,2-4,7-8,10-11,14,16H2,1H3,(H,32,33). The van der Waals surface area contributed by atoms with Gasteiger partial charge in [-0.3, -0.25) is 4.79 Å². The van der Waals surface area contributed by atoms with Crippen LogP contribution in [0.3, 0.4) is 0 Å². The maximum Gasteiger partial charge on any atom is 0.303 e. The first-order chi connectivity index (χ1) is 18.0. The Labute approximate surface area is 214 Å². The molecule has 1 N–H and O–H groups in total. The summed E-state index contributed by atoms with van der Waals surface area (Å²) in [5.41, 5.74) is 1.53. The van der Waals surface area contributed by atoms with Crippen molar-refractivity contribution < 1.29 is 33.0 Å². The zero-order valence-electron chi connectivity index (χ0n) is 20.8. The van der Waals surface area contributed by atoms with Gasteiger partial charge in [-0.05, 0) is 68.1 Å². The summed E-state index contributed by atoms with van der Waals surface area (Å²) < 4.78 is 37.9. The monoisotopic (exact) mass is 510 g/mol. The van der Waals surface area contributed by atoms with E-state index >= 15 is 0 Å².